The van der Waals surface area contributed by atoms with Gasteiger partial charge in [-0.05, 0) is 30.5 Å². The molecular weight excluding hydrogens is 256 g/mol. The molecule has 2 aromatic rings. The van der Waals surface area contributed by atoms with Gasteiger partial charge in [0.15, 0.2) is 0 Å². The first-order valence-corrected chi connectivity index (χ1v) is 6.81. The van der Waals surface area contributed by atoms with Crippen LogP contribution in [0.25, 0.3) is 10.9 Å². The zero-order chi connectivity index (χ0) is 12.3. The number of thioether (sulfide) groups is 1. The molecule has 1 amide bonds. The molecule has 0 saturated heterocycles. The summed E-state index contributed by atoms with van der Waals surface area (Å²) in [5.74, 6) is 0.392. The van der Waals surface area contributed by atoms with E-state index in [9.17, 15) is 4.79 Å². The summed E-state index contributed by atoms with van der Waals surface area (Å²) in [6, 6.07) is 7.24. The molecule has 0 unspecified atom stereocenters. The van der Waals surface area contributed by atoms with Crippen molar-refractivity contribution in [2.24, 2.45) is 0 Å². The number of aromatic nitrogens is 1. The quantitative estimate of drug-likeness (QED) is 0.928. The molecule has 0 spiro atoms. The molecule has 0 saturated carbocycles. The number of carbonyl (C=O) groups is 1. The molecule has 17 heavy (non-hydrogen) atoms. The number of pyridine rings is 1. The van der Waals surface area contributed by atoms with Gasteiger partial charge in [-0.15, -0.1) is 0 Å². The van der Waals surface area contributed by atoms with Crippen molar-refractivity contribution in [1.29, 1.82) is 0 Å². The summed E-state index contributed by atoms with van der Waals surface area (Å²) >= 11 is 7.55. The van der Waals surface area contributed by atoms with Crippen LogP contribution in [-0.2, 0) is 4.79 Å². The van der Waals surface area contributed by atoms with Gasteiger partial charge in [0.2, 0.25) is 5.91 Å². The number of hydrogen-bond acceptors (Lipinski definition) is 3. The lowest BCUT2D eigenvalue weighted by molar-refractivity contribution is -0.113. The van der Waals surface area contributed by atoms with E-state index in [-0.39, 0.29) is 5.91 Å². The summed E-state index contributed by atoms with van der Waals surface area (Å²) in [4.78, 5) is 15.8. The summed E-state index contributed by atoms with van der Waals surface area (Å²) in [5.41, 5.74) is 1.42. The zero-order valence-corrected chi connectivity index (χ0v) is 10.8. The molecule has 1 aromatic heterocycles. The van der Waals surface area contributed by atoms with Gasteiger partial charge in [-0.2, -0.15) is 11.8 Å². The Hall–Kier alpha value is -1.26. The van der Waals surface area contributed by atoms with Gasteiger partial charge in [-0.3, -0.25) is 9.78 Å². The minimum absolute atomic E-state index is 0.0354. The van der Waals surface area contributed by atoms with E-state index in [4.69, 9.17) is 11.6 Å². The van der Waals surface area contributed by atoms with Gasteiger partial charge in [-0.1, -0.05) is 11.6 Å². The highest BCUT2D eigenvalue weighted by molar-refractivity contribution is 7.99. The van der Waals surface area contributed by atoms with Crippen LogP contribution in [0.5, 0.6) is 0 Å². The van der Waals surface area contributed by atoms with Crippen LogP contribution in [0.2, 0.25) is 5.02 Å². The van der Waals surface area contributed by atoms with Crippen molar-refractivity contribution >= 4 is 45.9 Å². The minimum atomic E-state index is -0.0354. The number of nitrogens with zero attached hydrogens (tertiary/aromatic N) is 1. The molecule has 1 aromatic carbocycles. The largest absolute Gasteiger partial charge is 0.323 e. The number of anilines is 1. The summed E-state index contributed by atoms with van der Waals surface area (Å²) in [6.45, 7) is 0. The third-order valence-electron chi connectivity index (χ3n) is 2.27. The third-order valence-corrected chi connectivity index (χ3v) is 3.15. The van der Waals surface area contributed by atoms with Gasteiger partial charge < -0.3 is 5.32 Å². The second-order valence-electron chi connectivity index (χ2n) is 3.48. The van der Waals surface area contributed by atoms with Crippen molar-refractivity contribution in [3.63, 3.8) is 0 Å². The average molecular weight is 267 g/mol. The van der Waals surface area contributed by atoms with Crippen LogP contribution in [0.1, 0.15) is 0 Å². The predicted molar refractivity (Wildman–Crippen MR) is 73.8 cm³/mol. The van der Waals surface area contributed by atoms with Gasteiger partial charge >= 0.3 is 0 Å². The normalized spacial score (nSPS) is 10.5. The zero-order valence-electron chi connectivity index (χ0n) is 9.24. The molecule has 0 radical (unpaired) electrons. The fraction of sp³-hybridized carbons (Fsp3) is 0.167. The van der Waals surface area contributed by atoms with Gasteiger partial charge in [0.1, 0.15) is 0 Å². The van der Waals surface area contributed by atoms with Crippen LogP contribution >= 0.6 is 23.4 Å². The van der Waals surface area contributed by atoms with Gasteiger partial charge in [0, 0.05) is 11.6 Å². The van der Waals surface area contributed by atoms with Crippen molar-refractivity contribution in [3.8, 4) is 0 Å². The van der Waals surface area contributed by atoms with Gasteiger partial charge in [0.05, 0.1) is 22.0 Å². The maximum Gasteiger partial charge on any atom is 0.234 e. The summed E-state index contributed by atoms with van der Waals surface area (Å²) in [7, 11) is 0. The molecule has 0 bridgehead atoms. The van der Waals surface area contributed by atoms with E-state index in [1.807, 2.05) is 18.4 Å². The number of amides is 1. The van der Waals surface area contributed by atoms with Crippen LogP contribution in [0.4, 0.5) is 5.69 Å². The van der Waals surface area contributed by atoms with Crippen LogP contribution in [-0.4, -0.2) is 22.9 Å². The number of benzene rings is 1. The third kappa shape index (κ3) is 2.70. The molecule has 0 fully saturated rings. The first-order chi connectivity index (χ1) is 8.22. The van der Waals surface area contributed by atoms with Crippen LogP contribution in [0.15, 0.2) is 30.5 Å². The van der Waals surface area contributed by atoms with Crippen LogP contribution in [0, 0.1) is 0 Å². The van der Waals surface area contributed by atoms with E-state index in [2.05, 4.69) is 10.3 Å². The Morgan fingerprint density at radius 3 is 3.06 bits per heavy atom. The van der Waals surface area contributed by atoms with Crippen molar-refractivity contribution < 1.29 is 4.79 Å². The molecule has 88 valence electrons. The topological polar surface area (TPSA) is 42.0 Å². The second kappa shape index (κ2) is 5.38. The number of fused-ring (bicyclic) bond motifs is 1. The molecule has 0 atom stereocenters. The fourth-order valence-electron chi connectivity index (χ4n) is 1.56. The molecule has 0 aliphatic heterocycles. The van der Waals surface area contributed by atoms with Gasteiger partial charge in [0.25, 0.3) is 0 Å². The van der Waals surface area contributed by atoms with E-state index in [0.717, 1.165) is 10.9 Å². The maximum absolute atomic E-state index is 11.5. The highest BCUT2D eigenvalue weighted by Gasteiger charge is 2.08. The molecule has 3 nitrogen and oxygen atoms in total. The van der Waals surface area contributed by atoms with Crippen molar-refractivity contribution in [3.05, 3.63) is 35.5 Å². The monoisotopic (exact) mass is 266 g/mol. The number of nitrogens with one attached hydrogen (secondary N) is 1. The molecule has 0 aliphatic carbocycles. The van der Waals surface area contributed by atoms with Crippen molar-refractivity contribution in [2.75, 3.05) is 17.3 Å². The average Bonchev–Trinajstić information content (AvgIpc) is 2.34. The standard InChI is InChI=1S/C12H11ClN2OS/c1-17-7-11(16)15-10-5-4-9(13)8-3-2-6-14-12(8)10/h2-6H,7H2,1H3,(H,15,16). The van der Waals surface area contributed by atoms with Crippen molar-refractivity contribution in [1.82, 2.24) is 4.98 Å². The van der Waals surface area contributed by atoms with Crippen LogP contribution in [0.3, 0.4) is 0 Å². The van der Waals surface area contributed by atoms with E-state index in [1.165, 1.54) is 11.8 Å². The lowest BCUT2D eigenvalue weighted by Crippen LogP contribution is -2.14. The van der Waals surface area contributed by atoms with Gasteiger partial charge in [-0.25, -0.2) is 0 Å². The Balaban J connectivity index is 2.41. The fourth-order valence-corrected chi connectivity index (χ4v) is 2.11. The van der Waals surface area contributed by atoms with Crippen LogP contribution < -0.4 is 5.32 Å². The molecule has 1 heterocycles. The molecule has 2 rings (SSSR count). The highest BCUT2D eigenvalue weighted by atomic mass is 35.5. The Bertz CT molecular complexity index is 559. The molecule has 0 aliphatic rings. The Morgan fingerprint density at radius 1 is 1.47 bits per heavy atom. The van der Waals surface area contributed by atoms with E-state index >= 15 is 0 Å². The maximum atomic E-state index is 11.5. The Kier molecular flexibility index (Phi) is 3.86. The van der Waals surface area contributed by atoms with Crippen molar-refractivity contribution in [2.45, 2.75) is 0 Å². The highest BCUT2D eigenvalue weighted by Crippen LogP contribution is 2.27. The summed E-state index contributed by atoms with van der Waals surface area (Å²) in [5, 5.41) is 4.31. The first-order valence-electron chi connectivity index (χ1n) is 5.04. The first kappa shape index (κ1) is 12.2. The lowest BCUT2D eigenvalue weighted by Gasteiger charge is -2.08. The van der Waals surface area contributed by atoms with E-state index in [0.29, 0.717) is 16.5 Å². The molecule has 5 heteroatoms. The molecule has 1 N–H and O–H groups in total. The predicted octanol–water partition coefficient (Wildman–Crippen LogP) is 3.19. The number of hydrogen-bond donors (Lipinski definition) is 1. The van der Waals surface area contributed by atoms with E-state index < -0.39 is 0 Å². The second-order valence-corrected chi connectivity index (χ2v) is 4.75. The smallest absolute Gasteiger partial charge is 0.234 e. The Morgan fingerprint density at radius 2 is 2.29 bits per heavy atom. The number of halogens is 1. The summed E-state index contributed by atoms with van der Waals surface area (Å²) in [6.07, 6.45) is 3.57. The van der Waals surface area contributed by atoms with E-state index in [1.54, 1.807) is 18.3 Å². The summed E-state index contributed by atoms with van der Waals surface area (Å²) < 4.78 is 0. The number of rotatable bonds is 3. The molecular formula is C12H11ClN2OS. The number of carbonyl (C=O) groups excluding carboxylic acids is 1. The minimum Gasteiger partial charge on any atom is -0.323 e. The SMILES string of the molecule is CSCC(=O)Nc1ccc(Cl)c2cccnc12. The Labute approximate surface area is 109 Å². The lowest BCUT2D eigenvalue weighted by atomic mass is 10.2.